The molecule has 25 heavy (non-hydrogen) atoms. The second-order valence-corrected chi connectivity index (χ2v) is 6.20. The van der Waals surface area contributed by atoms with Gasteiger partial charge in [-0.1, -0.05) is 65.8 Å². The van der Waals surface area contributed by atoms with E-state index in [-0.39, 0.29) is 5.56 Å². The first-order valence-corrected chi connectivity index (χ1v) is 8.11. The molecule has 0 saturated carbocycles. The van der Waals surface area contributed by atoms with Crippen molar-refractivity contribution in [3.8, 4) is 11.3 Å². The van der Waals surface area contributed by atoms with Crippen molar-refractivity contribution in [2.75, 3.05) is 0 Å². The molecule has 0 bridgehead atoms. The van der Waals surface area contributed by atoms with E-state index in [1.165, 1.54) is 0 Å². The molecule has 0 spiro atoms. The van der Waals surface area contributed by atoms with Gasteiger partial charge in [-0.25, -0.2) is 0 Å². The summed E-state index contributed by atoms with van der Waals surface area (Å²) in [5.74, 6) is -0.197. The highest BCUT2D eigenvalue weighted by Crippen LogP contribution is 2.30. The topological polar surface area (TPSA) is 89.3 Å². The molecule has 0 aliphatic rings. The summed E-state index contributed by atoms with van der Waals surface area (Å²) in [6, 6.07) is 18.7. The van der Waals surface area contributed by atoms with Crippen molar-refractivity contribution in [2.45, 2.75) is 25.4 Å². The van der Waals surface area contributed by atoms with Gasteiger partial charge in [0, 0.05) is 12.0 Å². The van der Waals surface area contributed by atoms with E-state index in [2.05, 4.69) is 5.16 Å². The van der Waals surface area contributed by atoms with Crippen LogP contribution in [0.1, 0.15) is 35.0 Å². The van der Waals surface area contributed by atoms with Crippen LogP contribution in [0.15, 0.2) is 65.2 Å². The third-order valence-corrected chi connectivity index (χ3v) is 4.29. The van der Waals surface area contributed by atoms with Crippen LogP contribution in [0.4, 0.5) is 0 Å². The molecule has 0 fully saturated rings. The van der Waals surface area contributed by atoms with Crippen LogP contribution in [0.3, 0.4) is 0 Å². The van der Waals surface area contributed by atoms with E-state index in [1.807, 2.05) is 60.7 Å². The Morgan fingerprint density at radius 2 is 1.72 bits per heavy atom. The van der Waals surface area contributed by atoms with Gasteiger partial charge in [-0.3, -0.25) is 4.79 Å². The molecule has 0 aliphatic heterocycles. The monoisotopic (exact) mass is 336 g/mol. The van der Waals surface area contributed by atoms with Crippen LogP contribution in [-0.2, 0) is 12.0 Å². The normalized spacial score (nSPS) is 13.4. The molecule has 3 aromatic rings. The van der Waals surface area contributed by atoms with E-state index in [0.29, 0.717) is 24.3 Å². The smallest absolute Gasteiger partial charge is 0.254 e. The van der Waals surface area contributed by atoms with Gasteiger partial charge < -0.3 is 15.4 Å². The fourth-order valence-electron chi connectivity index (χ4n) is 2.84. The van der Waals surface area contributed by atoms with Gasteiger partial charge in [-0.2, -0.15) is 0 Å². The molecule has 128 valence electrons. The van der Waals surface area contributed by atoms with Crippen LogP contribution < -0.4 is 5.73 Å². The molecule has 3 N–H and O–H groups in total. The first-order chi connectivity index (χ1) is 12.0. The van der Waals surface area contributed by atoms with E-state index in [4.69, 9.17) is 10.3 Å². The maximum atomic E-state index is 11.9. The van der Waals surface area contributed by atoms with Crippen LogP contribution in [0, 0.1) is 0 Å². The number of carbonyl (C=O) groups is 1. The lowest BCUT2D eigenvalue weighted by atomic mass is 9.90. The van der Waals surface area contributed by atoms with Crippen molar-refractivity contribution in [3.63, 3.8) is 0 Å². The Morgan fingerprint density at radius 1 is 1.12 bits per heavy atom. The number of carbonyl (C=O) groups excluding carboxylic acids is 1. The van der Waals surface area contributed by atoms with Crippen molar-refractivity contribution in [1.29, 1.82) is 0 Å². The molecular weight excluding hydrogens is 316 g/mol. The number of aliphatic hydroxyl groups is 1. The second kappa shape index (κ2) is 6.91. The van der Waals surface area contributed by atoms with Gasteiger partial charge in [0.15, 0.2) is 0 Å². The molecule has 0 radical (unpaired) electrons. The third-order valence-electron chi connectivity index (χ3n) is 4.29. The van der Waals surface area contributed by atoms with E-state index < -0.39 is 11.5 Å². The minimum absolute atomic E-state index is 0.273. The van der Waals surface area contributed by atoms with Gasteiger partial charge in [0.1, 0.15) is 17.0 Å². The first-order valence-electron chi connectivity index (χ1n) is 8.11. The first kappa shape index (κ1) is 16.9. The van der Waals surface area contributed by atoms with Gasteiger partial charge in [-0.05, 0) is 18.9 Å². The Labute approximate surface area is 146 Å². The number of hydrogen-bond acceptors (Lipinski definition) is 4. The van der Waals surface area contributed by atoms with Crippen LogP contribution in [-0.4, -0.2) is 16.2 Å². The number of rotatable bonds is 6. The molecule has 1 heterocycles. The summed E-state index contributed by atoms with van der Waals surface area (Å²) in [4.78, 5) is 11.9. The highest BCUT2D eigenvalue weighted by atomic mass is 16.5. The minimum Gasteiger partial charge on any atom is -0.385 e. The number of primary amides is 1. The van der Waals surface area contributed by atoms with E-state index >= 15 is 0 Å². The molecule has 5 nitrogen and oxygen atoms in total. The lowest BCUT2D eigenvalue weighted by molar-refractivity contribution is 0.0460. The van der Waals surface area contributed by atoms with Crippen LogP contribution in [0.25, 0.3) is 11.3 Å². The Hall–Kier alpha value is -2.92. The summed E-state index contributed by atoms with van der Waals surface area (Å²) >= 11 is 0. The lowest BCUT2D eigenvalue weighted by Gasteiger charge is -2.23. The van der Waals surface area contributed by atoms with Gasteiger partial charge >= 0.3 is 0 Å². The Morgan fingerprint density at radius 3 is 2.32 bits per heavy atom. The Bertz CT molecular complexity index is 855. The molecule has 1 aromatic heterocycles. The van der Waals surface area contributed by atoms with Crippen molar-refractivity contribution in [2.24, 2.45) is 5.73 Å². The maximum absolute atomic E-state index is 11.9. The van der Waals surface area contributed by atoms with Gasteiger partial charge in [0.25, 0.3) is 5.91 Å². The zero-order chi connectivity index (χ0) is 17.9. The average Bonchev–Trinajstić information content (AvgIpc) is 3.06. The number of nitrogens with two attached hydrogens (primary N) is 1. The minimum atomic E-state index is -1.05. The summed E-state index contributed by atoms with van der Waals surface area (Å²) in [7, 11) is 0. The summed E-state index contributed by atoms with van der Waals surface area (Å²) in [6.45, 7) is 1.74. The number of aromatic nitrogens is 1. The van der Waals surface area contributed by atoms with Gasteiger partial charge in [-0.15, -0.1) is 0 Å². The fourth-order valence-corrected chi connectivity index (χ4v) is 2.84. The molecule has 1 atom stereocenters. The number of hydrogen-bond donors (Lipinski definition) is 2. The lowest BCUT2D eigenvalue weighted by Crippen LogP contribution is -2.22. The zero-order valence-corrected chi connectivity index (χ0v) is 14.0. The zero-order valence-electron chi connectivity index (χ0n) is 14.0. The van der Waals surface area contributed by atoms with E-state index in [9.17, 15) is 9.90 Å². The Balaban J connectivity index is 1.86. The largest absolute Gasteiger partial charge is 0.385 e. The molecule has 3 rings (SSSR count). The number of nitrogens with zero attached hydrogens (tertiary/aromatic N) is 1. The maximum Gasteiger partial charge on any atom is 0.254 e. The standard InChI is InChI=1S/C20H20N2O3/c1-20(24,15-10-6-3-7-11-15)13-12-16-17(19(21)23)18(22-25-16)14-8-4-2-5-9-14/h2-11,24H,12-13H2,1H3,(H2,21,23). The Kier molecular flexibility index (Phi) is 4.67. The SMILES string of the molecule is CC(O)(CCc1onc(-c2ccccc2)c1C(N)=O)c1ccccc1. The highest BCUT2D eigenvalue weighted by molar-refractivity contribution is 5.99. The van der Waals surface area contributed by atoms with Crippen molar-refractivity contribution < 1.29 is 14.4 Å². The quantitative estimate of drug-likeness (QED) is 0.723. The summed E-state index contributed by atoms with van der Waals surface area (Å²) in [5, 5.41) is 14.7. The predicted octanol–water partition coefficient (Wildman–Crippen LogP) is 3.28. The fraction of sp³-hybridized carbons (Fsp3) is 0.200. The molecule has 0 aliphatic carbocycles. The van der Waals surface area contributed by atoms with Crippen molar-refractivity contribution in [1.82, 2.24) is 5.16 Å². The molecule has 2 aromatic carbocycles. The number of amides is 1. The van der Waals surface area contributed by atoms with E-state index in [1.54, 1.807) is 6.92 Å². The number of aryl methyl sites for hydroxylation is 1. The van der Waals surface area contributed by atoms with Gasteiger partial charge in [0.05, 0.1) is 5.60 Å². The van der Waals surface area contributed by atoms with E-state index in [0.717, 1.165) is 11.1 Å². The van der Waals surface area contributed by atoms with Crippen LogP contribution >= 0.6 is 0 Å². The predicted molar refractivity (Wildman–Crippen MR) is 94.8 cm³/mol. The second-order valence-electron chi connectivity index (χ2n) is 6.20. The molecule has 1 amide bonds. The highest BCUT2D eigenvalue weighted by Gasteiger charge is 2.27. The van der Waals surface area contributed by atoms with Crippen LogP contribution in [0.2, 0.25) is 0 Å². The summed E-state index contributed by atoms with van der Waals surface area (Å²) < 4.78 is 5.38. The average molecular weight is 336 g/mol. The summed E-state index contributed by atoms with van der Waals surface area (Å²) in [6.07, 6.45) is 0.723. The third kappa shape index (κ3) is 3.61. The summed E-state index contributed by atoms with van der Waals surface area (Å²) in [5.41, 5.74) is 6.78. The molecule has 0 saturated heterocycles. The van der Waals surface area contributed by atoms with Crippen molar-refractivity contribution >= 4 is 5.91 Å². The van der Waals surface area contributed by atoms with Crippen LogP contribution in [0.5, 0.6) is 0 Å². The number of benzene rings is 2. The molecule has 5 heteroatoms. The molecular formula is C20H20N2O3. The molecule has 1 unspecified atom stereocenters. The van der Waals surface area contributed by atoms with Gasteiger partial charge in [0.2, 0.25) is 0 Å². The van der Waals surface area contributed by atoms with Crippen molar-refractivity contribution in [3.05, 3.63) is 77.6 Å².